The van der Waals surface area contributed by atoms with E-state index in [9.17, 15) is 13.9 Å². The molecule has 1 N–H and O–H groups in total. The lowest BCUT2D eigenvalue weighted by Crippen LogP contribution is -2.19. The van der Waals surface area contributed by atoms with E-state index in [1.165, 1.54) is 16.8 Å². The first-order valence-electron chi connectivity index (χ1n) is 9.98. The molecule has 3 heterocycles. The van der Waals surface area contributed by atoms with E-state index in [2.05, 4.69) is 25.5 Å². The molecule has 33 heavy (non-hydrogen) atoms. The van der Waals surface area contributed by atoms with Crippen molar-refractivity contribution in [1.29, 1.82) is 0 Å². The minimum atomic E-state index is -2.53. The van der Waals surface area contributed by atoms with Gasteiger partial charge in [0.05, 0.1) is 11.4 Å². The quantitative estimate of drug-likeness (QED) is 0.403. The largest absolute Gasteiger partial charge is 0.470 e. The topological polar surface area (TPSA) is 107 Å². The Balaban J connectivity index is 1.46. The number of aliphatic hydroxyl groups excluding tert-OH is 1. The Bertz CT molecular complexity index is 1210. The third-order valence-electron chi connectivity index (χ3n) is 4.95. The average Bonchev–Trinajstić information content (AvgIpc) is 3.44. The molecule has 0 saturated carbocycles. The molecule has 4 rings (SSSR count). The van der Waals surface area contributed by atoms with Gasteiger partial charge in [-0.3, -0.25) is 9.47 Å². The van der Waals surface area contributed by atoms with E-state index in [1.807, 2.05) is 0 Å². The zero-order valence-electron chi connectivity index (χ0n) is 18.2. The number of aromatic nitrogens is 7. The highest BCUT2D eigenvalue weighted by molar-refractivity contribution is 5.36. The number of alkyl halides is 2. The van der Waals surface area contributed by atoms with E-state index in [4.69, 9.17) is 4.74 Å². The zero-order valence-corrected chi connectivity index (χ0v) is 18.2. The number of rotatable bonds is 8. The van der Waals surface area contributed by atoms with E-state index in [-0.39, 0.29) is 18.1 Å². The molecule has 0 aliphatic rings. The highest BCUT2D eigenvalue weighted by Gasteiger charge is 2.15. The number of aliphatic hydroxyl groups is 1. The van der Waals surface area contributed by atoms with Gasteiger partial charge in [-0.05, 0) is 39.2 Å². The van der Waals surface area contributed by atoms with Crippen molar-refractivity contribution < 1.29 is 18.6 Å². The maximum absolute atomic E-state index is 12.8. The maximum atomic E-state index is 12.8. The lowest BCUT2D eigenvalue weighted by atomic mass is 10.2. The predicted molar refractivity (Wildman–Crippen MR) is 113 cm³/mol. The van der Waals surface area contributed by atoms with Crippen LogP contribution < -0.4 is 4.74 Å². The summed E-state index contributed by atoms with van der Waals surface area (Å²) in [5.41, 5.74) is 2.31. The summed E-state index contributed by atoms with van der Waals surface area (Å²) in [6, 6.07) is 9.18. The molecule has 1 unspecified atom stereocenters. The molecular weight excluding hydrogens is 434 g/mol. The number of ether oxygens (including phenoxy) is 1. The molecule has 0 spiro atoms. The Morgan fingerprint density at radius 3 is 2.45 bits per heavy atom. The Hall–Kier alpha value is -3.77. The van der Waals surface area contributed by atoms with Crippen LogP contribution in [0.4, 0.5) is 8.78 Å². The van der Waals surface area contributed by atoms with Gasteiger partial charge >= 0.3 is 0 Å². The van der Waals surface area contributed by atoms with Crippen molar-refractivity contribution in [3.8, 4) is 17.4 Å². The zero-order chi connectivity index (χ0) is 23.5. The van der Waals surface area contributed by atoms with E-state index in [1.54, 1.807) is 67.3 Å². The van der Waals surface area contributed by atoms with Crippen molar-refractivity contribution in [2.24, 2.45) is 0 Å². The van der Waals surface area contributed by atoms with Crippen molar-refractivity contribution in [3.05, 3.63) is 71.6 Å². The molecule has 1 aromatic carbocycles. The van der Waals surface area contributed by atoms with Crippen molar-refractivity contribution in [3.63, 3.8) is 0 Å². The SMILES string of the molecule is Cc1nnn(-c2ccc(C(F)F)cc2)c1COc1ccc(-n2cnc(C(O)N(C)C)c2)nn1. The third-order valence-corrected chi connectivity index (χ3v) is 4.95. The second kappa shape index (κ2) is 9.38. The van der Waals surface area contributed by atoms with Gasteiger partial charge in [0.1, 0.15) is 24.3 Å². The van der Waals surface area contributed by atoms with Crippen molar-refractivity contribution in [2.45, 2.75) is 26.2 Å². The second-order valence-electron chi connectivity index (χ2n) is 7.49. The van der Waals surface area contributed by atoms with E-state index < -0.39 is 12.7 Å². The first-order valence-corrected chi connectivity index (χ1v) is 9.98. The highest BCUT2D eigenvalue weighted by Crippen LogP contribution is 2.22. The Kier molecular flexibility index (Phi) is 6.38. The molecule has 0 radical (unpaired) electrons. The lowest BCUT2D eigenvalue weighted by Gasteiger charge is -2.15. The number of imidazole rings is 1. The molecule has 0 saturated heterocycles. The minimum absolute atomic E-state index is 0.0648. The van der Waals surface area contributed by atoms with Crippen molar-refractivity contribution in [1.82, 2.24) is 39.6 Å². The molecule has 10 nitrogen and oxygen atoms in total. The summed E-state index contributed by atoms with van der Waals surface area (Å²) in [4.78, 5) is 5.81. The number of hydrogen-bond acceptors (Lipinski definition) is 8. The van der Waals surface area contributed by atoms with Crippen LogP contribution in [-0.2, 0) is 6.61 Å². The average molecular weight is 456 g/mol. The summed E-state index contributed by atoms with van der Waals surface area (Å²) < 4.78 is 34.6. The Morgan fingerprint density at radius 2 is 1.82 bits per heavy atom. The summed E-state index contributed by atoms with van der Waals surface area (Å²) >= 11 is 0. The van der Waals surface area contributed by atoms with Crippen LogP contribution in [0.5, 0.6) is 5.88 Å². The van der Waals surface area contributed by atoms with Gasteiger partial charge in [0.15, 0.2) is 12.0 Å². The summed E-state index contributed by atoms with van der Waals surface area (Å²) in [5.74, 6) is 0.793. The number of benzene rings is 1. The predicted octanol–water partition coefficient (Wildman–Crippen LogP) is 2.62. The van der Waals surface area contributed by atoms with E-state index in [0.29, 0.717) is 28.6 Å². The maximum Gasteiger partial charge on any atom is 0.263 e. The van der Waals surface area contributed by atoms with Crippen LogP contribution in [0, 0.1) is 6.92 Å². The second-order valence-corrected chi connectivity index (χ2v) is 7.49. The van der Waals surface area contributed by atoms with Gasteiger partial charge in [-0.15, -0.1) is 15.3 Å². The summed E-state index contributed by atoms with van der Waals surface area (Å²) in [6.45, 7) is 1.89. The van der Waals surface area contributed by atoms with Crippen molar-refractivity contribution >= 4 is 0 Å². The molecule has 0 aliphatic heterocycles. The monoisotopic (exact) mass is 456 g/mol. The molecule has 0 fully saturated rings. The van der Waals surface area contributed by atoms with Crippen LogP contribution in [0.2, 0.25) is 0 Å². The molecule has 12 heteroatoms. The van der Waals surface area contributed by atoms with Gasteiger partial charge in [-0.1, -0.05) is 17.3 Å². The smallest absolute Gasteiger partial charge is 0.263 e. The summed E-state index contributed by atoms with van der Waals surface area (Å²) in [5, 5.41) is 26.4. The fourth-order valence-electron chi connectivity index (χ4n) is 3.04. The first-order chi connectivity index (χ1) is 15.8. The van der Waals surface area contributed by atoms with E-state index >= 15 is 0 Å². The minimum Gasteiger partial charge on any atom is -0.470 e. The van der Waals surface area contributed by atoms with Gasteiger partial charge in [0.2, 0.25) is 5.88 Å². The van der Waals surface area contributed by atoms with Crippen LogP contribution in [0.1, 0.15) is 35.3 Å². The van der Waals surface area contributed by atoms with Crippen LogP contribution in [0.25, 0.3) is 11.5 Å². The summed E-state index contributed by atoms with van der Waals surface area (Å²) in [6.07, 6.45) is -0.148. The normalized spacial score (nSPS) is 12.5. The number of halogens is 2. The fourth-order valence-corrected chi connectivity index (χ4v) is 3.04. The molecule has 0 bridgehead atoms. The number of aryl methyl sites for hydroxylation is 1. The number of hydrogen-bond donors (Lipinski definition) is 1. The standard InChI is InChI=1S/C21H22F2N8O2/c1-13-17(31(28-25-13)15-6-4-14(5-7-15)20(22)23)11-33-19-9-8-18(26-27-19)30-10-16(24-12-30)21(32)29(2)3/h4-10,12,20-21,32H,11H2,1-3H3. The highest BCUT2D eigenvalue weighted by atomic mass is 19.3. The molecule has 4 aromatic rings. The summed E-state index contributed by atoms with van der Waals surface area (Å²) in [7, 11) is 3.49. The van der Waals surface area contributed by atoms with Crippen LogP contribution in [0.15, 0.2) is 48.9 Å². The number of nitrogens with zero attached hydrogens (tertiary/aromatic N) is 8. The Labute approximate surface area is 188 Å². The van der Waals surface area contributed by atoms with Gasteiger partial charge < -0.3 is 9.84 Å². The fraction of sp³-hybridized carbons (Fsp3) is 0.286. The first kappa shape index (κ1) is 22.4. The van der Waals surface area contributed by atoms with Crippen LogP contribution in [-0.4, -0.2) is 58.8 Å². The van der Waals surface area contributed by atoms with Gasteiger partial charge in [-0.25, -0.2) is 18.4 Å². The Morgan fingerprint density at radius 1 is 1.06 bits per heavy atom. The molecule has 3 aromatic heterocycles. The van der Waals surface area contributed by atoms with Gasteiger partial charge in [0, 0.05) is 17.8 Å². The molecular formula is C21H22F2N8O2. The van der Waals surface area contributed by atoms with Crippen LogP contribution >= 0.6 is 0 Å². The molecule has 0 aliphatic carbocycles. The molecule has 0 amide bonds. The van der Waals surface area contributed by atoms with Gasteiger partial charge in [0.25, 0.3) is 6.43 Å². The third kappa shape index (κ3) is 4.86. The van der Waals surface area contributed by atoms with E-state index in [0.717, 1.165) is 0 Å². The van der Waals surface area contributed by atoms with Crippen molar-refractivity contribution in [2.75, 3.05) is 14.1 Å². The van der Waals surface area contributed by atoms with Gasteiger partial charge in [-0.2, -0.15) is 0 Å². The lowest BCUT2D eigenvalue weighted by molar-refractivity contribution is 0.0361. The van der Waals surface area contributed by atoms with Crippen LogP contribution in [0.3, 0.4) is 0 Å². The molecule has 172 valence electrons. The molecule has 1 atom stereocenters.